The van der Waals surface area contributed by atoms with Crippen LogP contribution in [0.15, 0.2) is 54.7 Å². The van der Waals surface area contributed by atoms with E-state index in [0.29, 0.717) is 22.0 Å². The van der Waals surface area contributed by atoms with Gasteiger partial charge in [-0.15, -0.1) is 0 Å². The maximum Gasteiger partial charge on any atom is 0.320 e. The second-order valence-electron chi connectivity index (χ2n) is 13.3. The number of carboxylic acid groups (broad SMARTS) is 2. The summed E-state index contributed by atoms with van der Waals surface area (Å²) in [5, 5.41) is 44.7. The Bertz CT molecular complexity index is 2070. The van der Waals surface area contributed by atoms with Crippen LogP contribution in [-0.2, 0) is 60.8 Å². The quantitative estimate of drug-likeness (QED) is 0.0406. The molecule has 0 unspecified atom stereocenters. The molecule has 3 aromatic rings. The van der Waals surface area contributed by atoms with Crippen molar-refractivity contribution in [1.29, 1.82) is 0 Å². The fourth-order valence-electron chi connectivity index (χ4n) is 5.48. The largest absolute Gasteiger partial charge is 0.508 e. The summed E-state index contributed by atoms with van der Waals surface area (Å²) in [5.74, 6) is -9.84. The molecule has 4 atom stereocenters. The minimum Gasteiger partial charge on any atom is -0.508 e. The molecule has 0 radical (unpaired) electrons. The van der Waals surface area contributed by atoms with Gasteiger partial charge >= 0.3 is 11.9 Å². The number of aromatic nitrogens is 1. The van der Waals surface area contributed by atoms with E-state index < -0.39 is 116 Å². The van der Waals surface area contributed by atoms with Crippen LogP contribution in [0.4, 0.5) is 0 Å². The van der Waals surface area contributed by atoms with Crippen LogP contribution < -0.4 is 48.7 Å². The number of carbonyl (C=O) groups is 10. The highest BCUT2D eigenvalue weighted by Crippen LogP contribution is 2.19. The van der Waals surface area contributed by atoms with Gasteiger partial charge in [0.1, 0.15) is 29.9 Å². The van der Waals surface area contributed by atoms with E-state index >= 15 is 0 Å². The molecule has 0 saturated heterocycles. The number of para-hydroxylation sites is 1. The average molecular weight is 839 g/mol. The minimum absolute atomic E-state index is 0.0653. The molecule has 0 saturated carbocycles. The standard InChI is InChI=1S/C37H46N10O13/c38-23(37(59)60)9-10-29(50)41-16-30(51)45-25(11-19-5-7-21(48)8-6-19)34(56)43-17-31(52)46-26(12-20-14-40-24-4-2-1-3-22(20)24)35(57)44-18-32(53)47-27(13-33(54)55)36(58)42-15-28(39)49/h1-8,14,23,25-27,40,48H,9-13,15-18,38H2,(H2,39,49)(H,41,50)(H,42,58)(H,43,56)(H,44,57)(H,45,51)(H,46,52)(H,47,53)(H,54,55)(H,59,60)/t23-,25+,26+,27+/m1/s1. The number of aromatic hydroxyl groups is 1. The molecule has 60 heavy (non-hydrogen) atoms. The molecule has 0 spiro atoms. The first-order valence-electron chi connectivity index (χ1n) is 18.2. The Morgan fingerprint density at radius 1 is 0.633 bits per heavy atom. The highest BCUT2D eigenvalue weighted by Gasteiger charge is 2.28. The fourth-order valence-corrected chi connectivity index (χ4v) is 5.48. The van der Waals surface area contributed by atoms with Crippen LogP contribution in [0.3, 0.4) is 0 Å². The van der Waals surface area contributed by atoms with Crippen LogP contribution in [0.2, 0.25) is 0 Å². The second kappa shape index (κ2) is 23.0. The lowest BCUT2D eigenvalue weighted by molar-refractivity contribution is -0.141. The monoisotopic (exact) mass is 838 g/mol. The minimum atomic E-state index is -1.63. The van der Waals surface area contributed by atoms with Gasteiger partial charge in [0, 0.05) is 36.4 Å². The molecule has 23 nitrogen and oxygen atoms in total. The van der Waals surface area contributed by atoms with Gasteiger partial charge in [0.2, 0.25) is 47.3 Å². The lowest BCUT2D eigenvalue weighted by atomic mass is 10.0. The summed E-state index contributed by atoms with van der Waals surface area (Å²) < 4.78 is 0. The van der Waals surface area contributed by atoms with Crippen LogP contribution in [0.5, 0.6) is 5.75 Å². The van der Waals surface area contributed by atoms with Gasteiger partial charge in [0.15, 0.2) is 0 Å². The number of aromatic amines is 1. The lowest BCUT2D eigenvalue weighted by Gasteiger charge is -2.21. The average Bonchev–Trinajstić information content (AvgIpc) is 3.61. The Morgan fingerprint density at radius 2 is 1.15 bits per heavy atom. The van der Waals surface area contributed by atoms with Crippen molar-refractivity contribution in [2.24, 2.45) is 11.5 Å². The Morgan fingerprint density at radius 3 is 1.72 bits per heavy atom. The van der Waals surface area contributed by atoms with Gasteiger partial charge in [0.25, 0.3) is 0 Å². The third-order valence-corrected chi connectivity index (χ3v) is 8.54. The van der Waals surface area contributed by atoms with Crippen molar-refractivity contribution in [3.63, 3.8) is 0 Å². The van der Waals surface area contributed by atoms with Crippen molar-refractivity contribution in [2.75, 3.05) is 26.2 Å². The fraction of sp³-hybridized carbons (Fsp3) is 0.351. The molecule has 23 heteroatoms. The van der Waals surface area contributed by atoms with Crippen molar-refractivity contribution < 1.29 is 63.3 Å². The van der Waals surface area contributed by atoms with Crippen molar-refractivity contribution in [1.82, 2.24) is 42.2 Å². The molecule has 0 fully saturated rings. The van der Waals surface area contributed by atoms with Gasteiger partial charge in [-0.25, -0.2) is 0 Å². The number of carbonyl (C=O) groups excluding carboxylic acids is 8. The smallest absolute Gasteiger partial charge is 0.320 e. The number of benzene rings is 2. The number of nitrogens with one attached hydrogen (secondary N) is 8. The Hall–Kier alpha value is -7.56. The maximum atomic E-state index is 13.5. The summed E-state index contributed by atoms with van der Waals surface area (Å²) in [4.78, 5) is 126. The van der Waals surface area contributed by atoms with Crippen LogP contribution in [-0.4, -0.2) is 130 Å². The van der Waals surface area contributed by atoms with E-state index in [2.05, 4.69) is 42.2 Å². The summed E-state index contributed by atoms with van der Waals surface area (Å²) >= 11 is 0. The summed E-state index contributed by atoms with van der Waals surface area (Å²) in [6, 6.07) is 7.14. The van der Waals surface area contributed by atoms with Gasteiger partial charge < -0.3 is 69.0 Å². The zero-order valence-corrected chi connectivity index (χ0v) is 31.9. The summed E-state index contributed by atoms with van der Waals surface area (Å²) in [5.41, 5.74) is 12.2. The van der Waals surface area contributed by atoms with Crippen molar-refractivity contribution in [3.8, 4) is 5.75 Å². The maximum absolute atomic E-state index is 13.5. The number of hydrogen-bond donors (Lipinski definition) is 13. The molecule has 1 aromatic heterocycles. The Labute approximate surface area is 340 Å². The molecular weight excluding hydrogens is 792 g/mol. The molecule has 322 valence electrons. The predicted molar refractivity (Wildman–Crippen MR) is 208 cm³/mol. The van der Waals surface area contributed by atoms with Gasteiger partial charge in [0.05, 0.1) is 32.6 Å². The molecule has 8 amide bonds. The van der Waals surface area contributed by atoms with E-state index in [4.69, 9.17) is 16.6 Å². The van der Waals surface area contributed by atoms with E-state index in [1.165, 1.54) is 24.3 Å². The van der Waals surface area contributed by atoms with E-state index in [0.717, 1.165) is 0 Å². The zero-order chi connectivity index (χ0) is 44.4. The third kappa shape index (κ3) is 16.1. The van der Waals surface area contributed by atoms with E-state index in [9.17, 15) is 58.2 Å². The number of carboxylic acids is 2. The van der Waals surface area contributed by atoms with Gasteiger partial charge in [-0.3, -0.25) is 47.9 Å². The predicted octanol–water partition coefficient (Wildman–Crippen LogP) is -4.27. The van der Waals surface area contributed by atoms with E-state index in [1.807, 2.05) is 0 Å². The Balaban J connectivity index is 1.69. The summed E-state index contributed by atoms with van der Waals surface area (Å²) in [6.07, 6.45) is 0.0159. The number of H-pyrrole nitrogens is 1. The summed E-state index contributed by atoms with van der Waals surface area (Å²) in [6.45, 7) is -2.70. The molecule has 0 aliphatic carbocycles. The first-order valence-corrected chi connectivity index (χ1v) is 18.2. The molecule has 15 N–H and O–H groups in total. The number of primary amides is 1. The van der Waals surface area contributed by atoms with Crippen LogP contribution in [0.25, 0.3) is 10.9 Å². The van der Waals surface area contributed by atoms with Crippen molar-refractivity contribution in [2.45, 2.75) is 56.3 Å². The number of fused-ring (bicyclic) bond motifs is 1. The molecule has 0 aliphatic heterocycles. The highest BCUT2D eigenvalue weighted by atomic mass is 16.4. The highest BCUT2D eigenvalue weighted by molar-refractivity contribution is 5.96. The first-order chi connectivity index (χ1) is 28.4. The number of amides is 8. The lowest BCUT2D eigenvalue weighted by Crippen LogP contribution is -2.55. The molecule has 0 bridgehead atoms. The molecule has 2 aromatic carbocycles. The molecule has 3 rings (SSSR count). The second-order valence-corrected chi connectivity index (χ2v) is 13.3. The van der Waals surface area contributed by atoms with E-state index in [-0.39, 0.29) is 31.4 Å². The van der Waals surface area contributed by atoms with Gasteiger partial charge in [-0.1, -0.05) is 30.3 Å². The van der Waals surface area contributed by atoms with E-state index in [1.54, 1.807) is 30.5 Å². The first kappa shape index (κ1) is 46.8. The number of phenols is 1. The van der Waals surface area contributed by atoms with Crippen molar-refractivity contribution in [3.05, 3.63) is 65.9 Å². The van der Waals surface area contributed by atoms with Gasteiger partial charge in [-0.2, -0.15) is 0 Å². The SMILES string of the molecule is NC(=O)CNC(=O)[C@H](CC(=O)O)NC(=O)CNC(=O)[C@H](Cc1c[nH]c2ccccc12)NC(=O)CNC(=O)[C@H](Cc1ccc(O)cc1)NC(=O)CNC(=O)CC[C@@H](N)C(=O)O. The Kier molecular flexibility index (Phi) is 17.9. The van der Waals surface area contributed by atoms with Crippen LogP contribution in [0, 0.1) is 0 Å². The third-order valence-electron chi connectivity index (χ3n) is 8.54. The number of nitrogens with two attached hydrogens (primary N) is 2. The molecule has 1 heterocycles. The van der Waals surface area contributed by atoms with Crippen LogP contribution >= 0.6 is 0 Å². The normalized spacial score (nSPS) is 12.7. The van der Waals surface area contributed by atoms with Crippen molar-refractivity contribution >= 4 is 70.1 Å². The number of rotatable bonds is 24. The van der Waals surface area contributed by atoms with Gasteiger partial charge in [-0.05, 0) is 35.7 Å². The number of aliphatic carboxylic acids is 2. The molecular formula is C37H46N10O13. The summed E-state index contributed by atoms with van der Waals surface area (Å²) in [7, 11) is 0. The van der Waals surface area contributed by atoms with Crippen LogP contribution in [0.1, 0.15) is 30.4 Å². The topological polar surface area (TPSA) is 383 Å². The molecule has 0 aliphatic rings. The zero-order valence-electron chi connectivity index (χ0n) is 31.9. The number of hydrogen-bond acceptors (Lipinski definition) is 12. The number of phenolic OH excluding ortho intramolecular Hbond substituents is 1.